The van der Waals surface area contributed by atoms with Gasteiger partial charge in [-0.1, -0.05) is 11.8 Å². The summed E-state index contributed by atoms with van der Waals surface area (Å²) in [4.78, 5) is 11.6. The summed E-state index contributed by atoms with van der Waals surface area (Å²) in [6.45, 7) is 0. The van der Waals surface area contributed by atoms with Crippen LogP contribution in [0.3, 0.4) is 0 Å². The summed E-state index contributed by atoms with van der Waals surface area (Å²) in [6.07, 6.45) is 0. The van der Waals surface area contributed by atoms with Crippen LogP contribution in [0, 0.1) is 0 Å². The third kappa shape index (κ3) is 3.66. The molecule has 118 valence electrons. The second kappa shape index (κ2) is 6.48. The highest BCUT2D eigenvalue weighted by atomic mass is 32.2. The minimum absolute atomic E-state index is 0.0736. The van der Waals surface area contributed by atoms with Crippen molar-refractivity contribution in [3.05, 3.63) is 30.2 Å². The van der Waals surface area contributed by atoms with Gasteiger partial charge in [-0.25, -0.2) is 0 Å². The molecule has 0 fully saturated rings. The van der Waals surface area contributed by atoms with Crippen molar-refractivity contribution in [2.75, 3.05) is 18.6 Å². The zero-order chi connectivity index (χ0) is 16.2. The van der Waals surface area contributed by atoms with Crippen LogP contribution in [0.1, 0.15) is 5.89 Å². The lowest BCUT2D eigenvalue weighted by molar-refractivity contribution is 0.415. The van der Waals surface area contributed by atoms with Gasteiger partial charge >= 0.3 is 0 Å². The molecule has 9 nitrogen and oxygen atoms in total. The number of nitrogen functional groups attached to an aromatic ring is 2. The lowest BCUT2D eigenvalue weighted by Crippen LogP contribution is -2.03. The number of ether oxygens (including phenoxy) is 1. The van der Waals surface area contributed by atoms with Crippen molar-refractivity contribution in [3.8, 4) is 17.2 Å². The highest BCUT2D eigenvalue weighted by Crippen LogP contribution is 2.24. The maximum atomic E-state index is 5.61. The van der Waals surface area contributed by atoms with Crippen molar-refractivity contribution in [1.29, 1.82) is 0 Å². The van der Waals surface area contributed by atoms with Crippen LogP contribution in [-0.4, -0.2) is 32.3 Å². The molecular weight excluding hydrogens is 318 g/mol. The summed E-state index contributed by atoms with van der Waals surface area (Å²) in [6, 6.07) is 7.34. The lowest BCUT2D eigenvalue weighted by Gasteiger charge is -2.00. The number of hydrogen-bond donors (Lipinski definition) is 2. The van der Waals surface area contributed by atoms with E-state index in [1.807, 2.05) is 24.3 Å². The van der Waals surface area contributed by atoms with E-state index in [2.05, 4.69) is 25.1 Å². The van der Waals surface area contributed by atoms with E-state index in [4.69, 9.17) is 20.6 Å². The molecule has 0 unspecified atom stereocenters. The quantitative estimate of drug-likeness (QED) is 0.659. The minimum atomic E-state index is 0.0736. The standard InChI is InChI=1S/C13H13N7O2S/c1-21-8-4-2-7(3-5-8)10-20-19-9(22-10)6-23-13-17-11(14)16-12(15)18-13/h2-5H,6H2,1H3,(H4,14,15,16,17,18). The molecular formula is C13H13N7O2S. The van der Waals surface area contributed by atoms with Gasteiger partial charge in [0.1, 0.15) is 5.75 Å². The van der Waals surface area contributed by atoms with Gasteiger partial charge in [0.25, 0.3) is 0 Å². The summed E-state index contributed by atoms with van der Waals surface area (Å²) in [7, 11) is 1.61. The van der Waals surface area contributed by atoms with Gasteiger partial charge in [-0.15, -0.1) is 10.2 Å². The van der Waals surface area contributed by atoms with Crippen LogP contribution in [-0.2, 0) is 5.75 Å². The number of nitrogens with two attached hydrogens (primary N) is 2. The van der Waals surface area contributed by atoms with E-state index in [9.17, 15) is 0 Å². The Labute approximate surface area is 135 Å². The Morgan fingerprint density at radius 1 is 1.04 bits per heavy atom. The summed E-state index contributed by atoms with van der Waals surface area (Å²) >= 11 is 1.28. The van der Waals surface area contributed by atoms with Crippen molar-refractivity contribution in [1.82, 2.24) is 25.1 Å². The van der Waals surface area contributed by atoms with Crippen molar-refractivity contribution in [2.45, 2.75) is 10.9 Å². The molecule has 3 aromatic rings. The lowest BCUT2D eigenvalue weighted by atomic mass is 10.2. The van der Waals surface area contributed by atoms with E-state index >= 15 is 0 Å². The molecule has 2 heterocycles. The normalized spacial score (nSPS) is 10.7. The van der Waals surface area contributed by atoms with Crippen molar-refractivity contribution in [2.24, 2.45) is 0 Å². The SMILES string of the molecule is COc1ccc(-c2nnc(CSc3nc(N)nc(N)n3)o2)cc1. The summed E-state index contributed by atoms with van der Waals surface area (Å²) in [5.41, 5.74) is 11.8. The molecule has 3 rings (SSSR count). The van der Waals surface area contributed by atoms with E-state index in [-0.39, 0.29) is 11.9 Å². The summed E-state index contributed by atoms with van der Waals surface area (Å²) < 4.78 is 10.7. The predicted molar refractivity (Wildman–Crippen MR) is 84.5 cm³/mol. The average Bonchev–Trinajstić information content (AvgIpc) is 3.01. The molecule has 0 saturated carbocycles. The summed E-state index contributed by atoms with van der Waals surface area (Å²) in [5, 5.41) is 8.41. The number of aromatic nitrogens is 5. The third-order valence-electron chi connectivity index (χ3n) is 2.78. The molecule has 0 atom stereocenters. The first-order valence-electron chi connectivity index (χ1n) is 6.50. The van der Waals surface area contributed by atoms with Gasteiger partial charge in [0, 0.05) is 5.56 Å². The van der Waals surface area contributed by atoms with E-state index in [0.717, 1.165) is 11.3 Å². The molecule has 0 aliphatic carbocycles. The molecule has 0 amide bonds. The fourth-order valence-corrected chi connectivity index (χ4v) is 2.43. The van der Waals surface area contributed by atoms with Crippen LogP contribution in [0.2, 0.25) is 0 Å². The molecule has 0 saturated heterocycles. The van der Waals surface area contributed by atoms with Crippen molar-refractivity contribution in [3.63, 3.8) is 0 Å². The van der Waals surface area contributed by atoms with Crippen LogP contribution in [0.5, 0.6) is 5.75 Å². The van der Waals surface area contributed by atoms with E-state index < -0.39 is 0 Å². The van der Waals surface area contributed by atoms with Gasteiger partial charge in [0.05, 0.1) is 12.9 Å². The molecule has 0 aliphatic heterocycles. The molecule has 10 heteroatoms. The average molecular weight is 331 g/mol. The highest BCUT2D eigenvalue weighted by Gasteiger charge is 2.11. The van der Waals surface area contributed by atoms with Crippen molar-refractivity contribution >= 4 is 23.7 Å². The Hall–Kier alpha value is -2.88. The maximum absolute atomic E-state index is 5.61. The van der Waals surface area contributed by atoms with Crippen LogP contribution < -0.4 is 16.2 Å². The fraction of sp³-hybridized carbons (Fsp3) is 0.154. The van der Waals surface area contributed by atoms with Gasteiger partial charge in [-0.2, -0.15) is 15.0 Å². The van der Waals surface area contributed by atoms with E-state index in [1.54, 1.807) is 7.11 Å². The van der Waals surface area contributed by atoms with Crippen LogP contribution in [0.4, 0.5) is 11.9 Å². The van der Waals surface area contributed by atoms with Gasteiger partial charge in [0.15, 0.2) is 5.16 Å². The van der Waals surface area contributed by atoms with Gasteiger partial charge in [-0.05, 0) is 24.3 Å². The molecule has 23 heavy (non-hydrogen) atoms. The molecule has 0 bridgehead atoms. The van der Waals surface area contributed by atoms with Crippen LogP contribution in [0.25, 0.3) is 11.5 Å². The Bertz CT molecular complexity index is 786. The number of methoxy groups -OCH3 is 1. The first-order chi connectivity index (χ1) is 11.1. The molecule has 1 aromatic carbocycles. The maximum Gasteiger partial charge on any atom is 0.247 e. The zero-order valence-corrected chi connectivity index (χ0v) is 12.9. The number of anilines is 2. The first kappa shape index (κ1) is 15.0. The van der Waals surface area contributed by atoms with Crippen molar-refractivity contribution < 1.29 is 9.15 Å². The van der Waals surface area contributed by atoms with E-state index in [1.165, 1.54) is 11.8 Å². The predicted octanol–water partition coefficient (Wildman–Crippen LogP) is 1.39. The Morgan fingerprint density at radius 3 is 2.39 bits per heavy atom. The third-order valence-corrected chi connectivity index (χ3v) is 3.61. The molecule has 2 aromatic heterocycles. The van der Waals surface area contributed by atoms with Gasteiger partial charge in [-0.3, -0.25) is 0 Å². The fourth-order valence-electron chi connectivity index (χ4n) is 1.74. The van der Waals surface area contributed by atoms with Crippen LogP contribution in [0.15, 0.2) is 33.8 Å². The number of nitrogens with zero attached hydrogens (tertiary/aromatic N) is 5. The number of thioether (sulfide) groups is 1. The van der Waals surface area contributed by atoms with Gasteiger partial charge < -0.3 is 20.6 Å². The zero-order valence-electron chi connectivity index (χ0n) is 12.1. The Balaban J connectivity index is 1.69. The van der Waals surface area contributed by atoms with E-state index in [0.29, 0.717) is 22.7 Å². The highest BCUT2D eigenvalue weighted by molar-refractivity contribution is 7.98. The molecule has 0 radical (unpaired) electrons. The second-order valence-corrected chi connectivity index (χ2v) is 5.30. The topological polar surface area (TPSA) is 139 Å². The smallest absolute Gasteiger partial charge is 0.247 e. The number of benzene rings is 1. The van der Waals surface area contributed by atoms with Gasteiger partial charge in [0.2, 0.25) is 23.7 Å². The first-order valence-corrected chi connectivity index (χ1v) is 7.49. The molecule has 4 N–H and O–H groups in total. The minimum Gasteiger partial charge on any atom is -0.497 e. The Kier molecular flexibility index (Phi) is 4.24. The number of hydrogen-bond acceptors (Lipinski definition) is 10. The number of rotatable bonds is 5. The second-order valence-electron chi connectivity index (χ2n) is 4.35. The van der Waals surface area contributed by atoms with Crippen LogP contribution >= 0.6 is 11.8 Å². The molecule has 0 spiro atoms. The Morgan fingerprint density at radius 2 is 1.74 bits per heavy atom. The monoisotopic (exact) mass is 331 g/mol. The summed E-state index contributed by atoms with van der Waals surface area (Å²) in [5.74, 6) is 2.17. The largest absolute Gasteiger partial charge is 0.497 e. The molecule has 0 aliphatic rings.